The molecule has 22 heavy (non-hydrogen) atoms. The van der Waals surface area contributed by atoms with E-state index in [4.69, 9.17) is 4.74 Å². The van der Waals surface area contributed by atoms with E-state index in [1.54, 1.807) is 12.1 Å². The largest absolute Gasteiger partial charge is 0.508 e. The van der Waals surface area contributed by atoms with Gasteiger partial charge in [0.25, 0.3) is 0 Å². The molecule has 0 aliphatic carbocycles. The molecular weight excluding hydrogens is 280 g/mol. The van der Waals surface area contributed by atoms with Gasteiger partial charge in [0.2, 0.25) is 0 Å². The molecule has 4 nitrogen and oxygen atoms in total. The normalized spacial score (nSPS) is 23.4. The van der Waals surface area contributed by atoms with Gasteiger partial charge in [-0.15, -0.1) is 6.58 Å². The number of aliphatic hydroxyl groups is 1. The van der Waals surface area contributed by atoms with E-state index in [0.717, 1.165) is 5.56 Å². The SMILES string of the molecule is C=CCC1(c2ccc(O)cc2O)Oc2ccccc2CC1O. The predicted octanol–water partition coefficient (Wildman–Crippen LogP) is 2.87. The Bertz CT molecular complexity index is 710. The minimum absolute atomic E-state index is 0.0410. The second-order valence-corrected chi connectivity index (χ2v) is 5.51. The first-order chi connectivity index (χ1) is 10.6. The van der Waals surface area contributed by atoms with Crippen molar-refractivity contribution in [1.82, 2.24) is 0 Å². The van der Waals surface area contributed by atoms with Crippen LogP contribution in [0.25, 0.3) is 0 Å². The standard InChI is InChI=1S/C18H18O4/c1-2-9-18(14-8-7-13(19)11-15(14)20)17(21)10-12-5-3-4-6-16(12)22-18/h2-8,11,17,19-21H,1,9-10H2. The van der Waals surface area contributed by atoms with Crippen LogP contribution >= 0.6 is 0 Å². The van der Waals surface area contributed by atoms with E-state index in [0.29, 0.717) is 24.2 Å². The maximum absolute atomic E-state index is 10.7. The molecule has 0 radical (unpaired) electrons. The summed E-state index contributed by atoms with van der Waals surface area (Å²) in [5.74, 6) is 0.531. The molecule has 3 N–H and O–H groups in total. The van der Waals surface area contributed by atoms with Gasteiger partial charge in [-0.2, -0.15) is 0 Å². The predicted molar refractivity (Wildman–Crippen MR) is 83.0 cm³/mol. The summed E-state index contributed by atoms with van der Waals surface area (Å²) in [5, 5.41) is 30.4. The van der Waals surface area contributed by atoms with Crippen LogP contribution in [0, 0.1) is 0 Å². The Kier molecular flexibility index (Phi) is 3.54. The lowest BCUT2D eigenvalue weighted by Gasteiger charge is -2.42. The summed E-state index contributed by atoms with van der Waals surface area (Å²) in [5.41, 5.74) is 0.244. The van der Waals surface area contributed by atoms with E-state index >= 15 is 0 Å². The minimum atomic E-state index is -1.12. The summed E-state index contributed by atoms with van der Waals surface area (Å²) in [6, 6.07) is 11.8. The molecule has 1 aliphatic heterocycles. The average Bonchev–Trinajstić information content (AvgIpc) is 2.48. The average molecular weight is 298 g/mol. The van der Waals surface area contributed by atoms with Crippen molar-refractivity contribution in [2.75, 3.05) is 0 Å². The van der Waals surface area contributed by atoms with Gasteiger partial charge in [-0.1, -0.05) is 24.3 Å². The van der Waals surface area contributed by atoms with Crippen molar-refractivity contribution in [2.45, 2.75) is 24.5 Å². The third kappa shape index (κ3) is 2.22. The van der Waals surface area contributed by atoms with E-state index in [2.05, 4.69) is 6.58 Å². The monoisotopic (exact) mass is 298 g/mol. The molecule has 2 aromatic carbocycles. The Morgan fingerprint density at radius 2 is 2.00 bits per heavy atom. The molecule has 114 valence electrons. The first kappa shape index (κ1) is 14.5. The fraction of sp³-hybridized carbons (Fsp3) is 0.222. The van der Waals surface area contributed by atoms with Gasteiger partial charge in [-0.3, -0.25) is 0 Å². The van der Waals surface area contributed by atoms with Crippen LogP contribution in [-0.4, -0.2) is 21.4 Å². The molecule has 2 unspecified atom stereocenters. The Hall–Kier alpha value is -2.46. The number of aromatic hydroxyl groups is 2. The fourth-order valence-electron chi connectivity index (χ4n) is 3.02. The zero-order valence-corrected chi connectivity index (χ0v) is 12.1. The highest BCUT2D eigenvalue weighted by Crippen LogP contribution is 2.45. The van der Waals surface area contributed by atoms with Crippen molar-refractivity contribution in [1.29, 1.82) is 0 Å². The zero-order chi connectivity index (χ0) is 15.7. The van der Waals surface area contributed by atoms with Gasteiger partial charge in [-0.05, 0) is 23.8 Å². The molecule has 4 heteroatoms. The van der Waals surface area contributed by atoms with E-state index in [1.807, 2.05) is 24.3 Å². The van der Waals surface area contributed by atoms with Crippen molar-refractivity contribution < 1.29 is 20.1 Å². The van der Waals surface area contributed by atoms with E-state index < -0.39 is 11.7 Å². The number of para-hydroxylation sites is 1. The number of hydrogen-bond acceptors (Lipinski definition) is 4. The summed E-state index contributed by atoms with van der Waals surface area (Å²) in [6.45, 7) is 3.74. The van der Waals surface area contributed by atoms with Gasteiger partial charge < -0.3 is 20.1 Å². The molecule has 1 aliphatic rings. The second-order valence-electron chi connectivity index (χ2n) is 5.51. The summed E-state index contributed by atoms with van der Waals surface area (Å²) >= 11 is 0. The van der Waals surface area contributed by atoms with Crippen LogP contribution in [-0.2, 0) is 12.0 Å². The molecule has 0 bridgehead atoms. The summed E-state index contributed by atoms with van der Waals surface area (Å²) < 4.78 is 6.12. The maximum Gasteiger partial charge on any atom is 0.167 e. The Morgan fingerprint density at radius 3 is 2.73 bits per heavy atom. The molecule has 2 aromatic rings. The molecule has 0 amide bonds. The van der Waals surface area contributed by atoms with Crippen LogP contribution in [0.15, 0.2) is 55.1 Å². The lowest BCUT2D eigenvalue weighted by molar-refractivity contribution is -0.0715. The van der Waals surface area contributed by atoms with Crippen LogP contribution < -0.4 is 4.74 Å². The number of aliphatic hydroxyl groups excluding tert-OH is 1. The van der Waals surface area contributed by atoms with Crippen molar-refractivity contribution in [3.05, 3.63) is 66.2 Å². The third-order valence-electron chi connectivity index (χ3n) is 4.10. The molecule has 2 atom stereocenters. The number of phenolic OH excluding ortho intramolecular Hbond substituents is 2. The number of rotatable bonds is 3. The first-order valence-corrected chi connectivity index (χ1v) is 7.15. The van der Waals surface area contributed by atoms with Crippen LogP contribution in [0.3, 0.4) is 0 Å². The third-order valence-corrected chi connectivity index (χ3v) is 4.10. The molecule has 0 aromatic heterocycles. The van der Waals surface area contributed by atoms with Crippen LogP contribution in [0.4, 0.5) is 0 Å². The van der Waals surface area contributed by atoms with Gasteiger partial charge in [0.1, 0.15) is 23.4 Å². The molecule has 0 saturated heterocycles. The van der Waals surface area contributed by atoms with E-state index in [9.17, 15) is 15.3 Å². The number of fused-ring (bicyclic) bond motifs is 1. The molecule has 1 heterocycles. The second kappa shape index (κ2) is 5.39. The van der Waals surface area contributed by atoms with Crippen LogP contribution in [0.5, 0.6) is 17.2 Å². The number of phenols is 2. The minimum Gasteiger partial charge on any atom is -0.508 e. The highest BCUT2D eigenvalue weighted by molar-refractivity contribution is 5.47. The summed E-state index contributed by atoms with van der Waals surface area (Å²) in [4.78, 5) is 0. The van der Waals surface area contributed by atoms with Crippen molar-refractivity contribution in [2.24, 2.45) is 0 Å². The molecule has 0 fully saturated rings. The summed E-state index contributed by atoms with van der Waals surface area (Å²) in [7, 11) is 0. The quantitative estimate of drug-likeness (QED) is 0.762. The van der Waals surface area contributed by atoms with Gasteiger partial charge >= 0.3 is 0 Å². The Morgan fingerprint density at radius 1 is 1.23 bits per heavy atom. The van der Waals surface area contributed by atoms with Crippen molar-refractivity contribution in [3.8, 4) is 17.2 Å². The lowest BCUT2D eigenvalue weighted by Crippen LogP contribution is -2.48. The van der Waals surface area contributed by atoms with E-state index in [-0.39, 0.29) is 11.5 Å². The van der Waals surface area contributed by atoms with E-state index in [1.165, 1.54) is 12.1 Å². The van der Waals surface area contributed by atoms with Gasteiger partial charge in [0.05, 0.1) is 0 Å². The van der Waals surface area contributed by atoms with Crippen molar-refractivity contribution in [3.63, 3.8) is 0 Å². The molecular formula is C18H18O4. The number of benzene rings is 2. The van der Waals surface area contributed by atoms with Crippen LogP contribution in [0.2, 0.25) is 0 Å². The highest BCUT2D eigenvalue weighted by Gasteiger charge is 2.46. The molecule has 0 spiro atoms. The Balaban J connectivity index is 2.15. The first-order valence-electron chi connectivity index (χ1n) is 7.15. The van der Waals surface area contributed by atoms with Gasteiger partial charge in [0, 0.05) is 24.5 Å². The number of hydrogen-bond donors (Lipinski definition) is 3. The smallest absolute Gasteiger partial charge is 0.167 e. The Labute approximate surface area is 128 Å². The van der Waals surface area contributed by atoms with Gasteiger partial charge in [0.15, 0.2) is 5.60 Å². The van der Waals surface area contributed by atoms with Crippen molar-refractivity contribution >= 4 is 0 Å². The number of ether oxygens (including phenoxy) is 1. The zero-order valence-electron chi connectivity index (χ0n) is 12.1. The molecule has 3 rings (SSSR count). The summed E-state index contributed by atoms with van der Waals surface area (Å²) in [6.07, 6.45) is 1.57. The molecule has 0 saturated carbocycles. The van der Waals surface area contributed by atoms with Gasteiger partial charge in [-0.25, -0.2) is 0 Å². The lowest BCUT2D eigenvalue weighted by atomic mass is 9.79. The van der Waals surface area contributed by atoms with Crippen LogP contribution in [0.1, 0.15) is 17.5 Å². The fourth-order valence-corrected chi connectivity index (χ4v) is 3.02. The maximum atomic E-state index is 10.7. The topological polar surface area (TPSA) is 69.9 Å². The highest BCUT2D eigenvalue weighted by atomic mass is 16.5.